The van der Waals surface area contributed by atoms with Gasteiger partial charge in [0, 0.05) is 19.7 Å². The standard InChI is InChI=1S/C8H15FN2O2/c1-13-5-8(12)11-3-2-7(10)6(9)4-11/h6-7H,2-5,10H2,1H3. The molecule has 0 saturated carbocycles. The Balaban J connectivity index is 2.40. The molecular weight excluding hydrogens is 175 g/mol. The number of amides is 1. The lowest BCUT2D eigenvalue weighted by molar-refractivity contribution is -0.137. The van der Waals surface area contributed by atoms with E-state index in [1.165, 1.54) is 12.0 Å². The van der Waals surface area contributed by atoms with Crippen LogP contribution >= 0.6 is 0 Å². The van der Waals surface area contributed by atoms with Crippen LogP contribution in [0.3, 0.4) is 0 Å². The number of nitrogens with zero attached hydrogens (tertiary/aromatic N) is 1. The first-order valence-electron chi connectivity index (χ1n) is 4.31. The minimum Gasteiger partial charge on any atom is -0.375 e. The fraction of sp³-hybridized carbons (Fsp3) is 0.875. The number of methoxy groups -OCH3 is 1. The summed E-state index contributed by atoms with van der Waals surface area (Å²) >= 11 is 0. The molecule has 0 aliphatic carbocycles. The Kier molecular flexibility index (Phi) is 3.62. The molecule has 0 aromatic carbocycles. The summed E-state index contributed by atoms with van der Waals surface area (Å²) in [6, 6.07) is -0.424. The predicted molar refractivity (Wildman–Crippen MR) is 45.9 cm³/mol. The number of halogens is 1. The van der Waals surface area contributed by atoms with Crippen LogP contribution in [-0.4, -0.2) is 49.8 Å². The second kappa shape index (κ2) is 4.53. The molecule has 0 spiro atoms. The van der Waals surface area contributed by atoms with Gasteiger partial charge in [-0.3, -0.25) is 4.79 Å². The van der Waals surface area contributed by atoms with Crippen LogP contribution in [0.2, 0.25) is 0 Å². The van der Waals surface area contributed by atoms with Gasteiger partial charge in [0.2, 0.25) is 5.91 Å². The number of piperidine rings is 1. The maximum absolute atomic E-state index is 13.1. The van der Waals surface area contributed by atoms with Crippen LogP contribution in [0, 0.1) is 0 Å². The summed E-state index contributed by atoms with van der Waals surface area (Å²) in [5.41, 5.74) is 5.47. The first-order chi connectivity index (χ1) is 6.15. The Morgan fingerprint density at radius 1 is 1.77 bits per heavy atom. The highest BCUT2D eigenvalue weighted by Gasteiger charge is 2.28. The molecule has 2 unspecified atom stereocenters. The summed E-state index contributed by atoms with van der Waals surface area (Å²) in [5.74, 6) is -0.169. The molecule has 1 rings (SSSR count). The van der Waals surface area contributed by atoms with E-state index in [0.717, 1.165) is 0 Å². The van der Waals surface area contributed by atoms with E-state index in [1.54, 1.807) is 0 Å². The van der Waals surface area contributed by atoms with E-state index in [2.05, 4.69) is 4.74 Å². The van der Waals surface area contributed by atoms with E-state index in [9.17, 15) is 9.18 Å². The SMILES string of the molecule is COCC(=O)N1CCC(N)C(F)C1. The highest BCUT2D eigenvalue weighted by molar-refractivity contribution is 5.77. The molecule has 1 saturated heterocycles. The summed E-state index contributed by atoms with van der Waals surface area (Å²) < 4.78 is 17.7. The molecule has 5 heteroatoms. The Morgan fingerprint density at radius 3 is 3.00 bits per heavy atom. The maximum atomic E-state index is 13.1. The van der Waals surface area contributed by atoms with Crippen LogP contribution in [0.4, 0.5) is 4.39 Å². The number of hydrogen-bond acceptors (Lipinski definition) is 3. The first kappa shape index (κ1) is 10.4. The normalized spacial score (nSPS) is 29.0. The van der Waals surface area contributed by atoms with Crippen molar-refractivity contribution in [1.82, 2.24) is 4.90 Å². The van der Waals surface area contributed by atoms with Crippen molar-refractivity contribution in [3.8, 4) is 0 Å². The maximum Gasteiger partial charge on any atom is 0.248 e. The van der Waals surface area contributed by atoms with Gasteiger partial charge in [0.25, 0.3) is 0 Å². The molecular formula is C8H15FN2O2. The van der Waals surface area contributed by atoms with Gasteiger partial charge in [-0.2, -0.15) is 0 Å². The summed E-state index contributed by atoms with van der Waals surface area (Å²) in [6.07, 6.45) is -0.578. The topological polar surface area (TPSA) is 55.6 Å². The summed E-state index contributed by atoms with van der Waals surface area (Å²) in [6.45, 7) is 0.648. The molecule has 1 heterocycles. The van der Waals surface area contributed by atoms with Crippen LogP contribution in [-0.2, 0) is 9.53 Å². The molecule has 0 aromatic heterocycles. The summed E-state index contributed by atoms with van der Waals surface area (Å²) in [5, 5.41) is 0. The minimum atomic E-state index is -1.10. The van der Waals surface area contributed by atoms with Gasteiger partial charge in [0.1, 0.15) is 12.8 Å². The van der Waals surface area contributed by atoms with Crippen LogP contribution in [0.5, 0.6) is 0 Å². The van der Waals surface area contributed by atoms with Gasteiger partial charge in [0.05, 0.1) is 6.54 Å². The van der Waals surface area contributed by atoms with Gasteiger partial charge < -0.3 is 15.4 Å². The first-order valence-corrected chi connectivity index (χ1v) is 4.31. The van der Waals surface area contributed by atoms with E-state index in [0.29, 0.717) is 13.0 Å². The van der Waals surface area contributed by atoms with Gasteiger partial charge in [-0.25, -0.2) is 4.39 Å². The van der Waals surface area contributed by atoms with Crippen LogP contribution in [0.1, 0.15) is 6.42 Å². The quantitative estimate of drug-likeness (QED) is 0.640. The monoisotopic (exact) mass is 190 g/mol. The minimum absolute atomic E-state index is 0.0158. The number of rotatable bonds is 2. The smallest absolute Gasteiger partial charge is 0.248 e. The van der Waals surface area contributed by atoms with Crippen molar-refractivity contribution in [1.29, 1.82) is 0 Å². The largest absolute Gasteiger partial charge is 0.375 e. The van der Waals surface area contributed by atoms with Gasteiger partial charge in [0.15, 0.2) is 0 Å². The van der Waals surface area contributed by atoms with Crippen molar-refractivity contribution in [2.75, 3.05) is 26.8 Å². The molecule has 1 aliphatic heterocycles. The van der Waals surface area contributed by atoms with Crippen molar-refractivity contribution in [3.63, 3.8) is 0 Å². The third kappa shape index (κ3) is 2.63. The Morgan fingerprint density at radius 2 is 2.46 bits per heavy atom. The predicted octanol–water partition coefficient (Wildman–Crippen LogP) is -0.469. The number of alkyl halides is 1. The summed E-state index contributed by atoms with van der Waals surface area (Å²) in [4.78, 5) is 12.7. The van der Waals surface area contributed by atoms with Gasteiger partial charge >= 0.3 is 0 Å². The van der Waals surface area contributed by atoms with E-state index < -0.39 is 12.2 Å². The Labute approximate surface area is 76.8 Å². The van der Waals surface area contributed by atoms with E-state index in [1.807, 2.05) is 0 Å². The number of likely N-dealkylation sites (tertiary alicyclic amines) is 1. The third-order valence-corrected chi connectivity index (χ3v) is 2.21. The molecule has 0 radical (unpaired) electrons. The zero-order chi connectivity index (χ0) is 9.84. The molecule has 2 atom stereocenters. The average molecular weight is 190 g/mol. The number of ether oxygens (including phenoxy) is 1. The Hall–Kier alpha value is -0.680. The molecule has 4 nitrogen and oxygen atoms in total. The van der Waals surface area contributed by atoms with Crippen molar-refractivity contribution in [2.24, 2.45) is 5.73 Å². The highest BCUT2D eigenvalue weighted by atomic mass is 19.1. The van der Waals surface area contributed by atoms with Crippen molar-refractivity contribution in [2.45, 2.75) is 18.6 Å². The molecule has 0 aromatic rings. The van der Waals surface area contributed by atoms with Crippen LogP contribution in [0.15, 0.2) is 0 Å². The molecule has 76 valence electrons. The van der Waals surface area contributed by atoms with Crippen LogP contribution in [0.25, 0.3) is 0 Å². The second-order valence-corrected chi connectivity index (χ2v) is 3.24. The molecule has 2 N–H and O–H groups in total. The fourth-order valence-corrected chi connectivity index (χ4v) is 1.36. The van der Waals surface area contributed by atoms with Crippen molar-refractivity contribution in [3.05, 3.63) is 0 Å². The van der Waals surface area contributed by atoms with Gasteiger partial charge in [-0.15, -0.1) is 0 Å². The molecule has 0 bridgehead atoms. The van der Waals surface area contributed by atoms with Crippen LogP contribution < -0.4 is 5.73 Å². The highest BCUT2D eigenvalue weighted by Crippen LogP contribution is 2.12. The number of nitrogens with two attached hydrogens (primary N) is 1. The van der Waals surface area contributed by atoms with Crippen molar-refractivity contribution >= 4 is 5.91 Å². The Bertz CT molecular complexity index is 189. The number of hydrogen-bond donors (Lipinski definition) is 1. The lowest BCUT2D eigenvalue weighted by atomic mass is 10.0. The lowest BCUT2D eigenvalue weighted by Crippen LogP contribution is -2.51. The van der Waals surface area contributed by atoms with Gasteiger partial charge in [-0.05, 0) is 6.42 Å². The second-order valence-electron chi connectivity index (χ2n) is 3.24. The lowest BCUT2D eigenvalue weighted by Gasteiger charge is -2.32. The van der Waals surface area contributed by atoms with Crippen molar-refractivity contribution < 1.29 is 13.9 Å². The molecule has 1 aliphatic rings. The number of carbonyl (C=O) groups is 1. The van der Waals surface area contributed by atoms with Gasteiger partial charge in [-0.1, -0.05) is 0 Å². The molecule has 13 heavy (non-hydrogen) atoms. The fourth-order valence-electron chi connectivity index (χ4n) is 1.36. The zero-order valence-corrected chi connectivity index (χ0v) is 7.70. The molecule has 1 amide bonds. The summed E-state index contributed by atoms with van der Waals surface area (Å²) in [7, 11) is 1.44. The zero-order valence-electron chi connectivity index (χ0n) is 7.70. The van der Waals surface area contributed by atoms with E-state index >= 15 is 0 Å². The third-order valence-electron chi connectivity index (χ3n) is 2.21. The average Bonchev–Trinajstić information content (AvgIpc) is 2.10. The molecule has 1 fully saturated rings. The number of carbonyl (C=O) groups excluding carboxylic acids is 1. The van der Waals surface area contributed by atoms with E-state index in [4.69, 9.17) is 5.73 Å². The van der Waals surface area contributed by atoms with E-state index in [-0.39, 0.29) is 19.1 Å².